The highest BCUT2D eigenvalue weighted by Gasteiger charge is 2.16. The zero-order chi connectivity index (χ0) is 10.4. The minimum atomic E-state index is -0.542. The zero-order valence-corrected chi connectivity index (χ0v) is 8.06. The van der Waals surface area contributed by atoms with E-state index in [0.717, 1.165) is 5.56 Å². The first-order valence-electron chi connectivity index (χ1n) is 4.59. The van der Waals surface area contributed by atoms with E-state index in [9.17, 15) is 5.11 Å². The molecule has 1 nitrogen and oxygen atoms in total. The molecule has 0 saturated heterocycles. The van der Waals surface area contributed by atoms with Gasteiger partial charge in [0.25, 0.3) is 0 Å². The maximum atomic E-state index is 9.75. The van der Waals surface area contributed by atoms with Crippen molar-refractivity contribution >= 4 is 0 Å². The predicted molar refractivity (Wildman–Crippen MR) is 58.8 cm³/mol. The average molecular weight is 186 g/mol. The predicted octanol–water partition coefficient (Wildman–Crippen LogP) is 2.34. The second-order valence-corrected chi connectivity index (χ2v) is 3.15. The molecule has 0 heterocycles. The number of terminal acetylenes is 1. The van der Waals surface area contributed by atoms with Crippen LogP contribution in [0.2, 0.25) is 0 Å². The molecule has 0 aliphatic carbocycles. The van der Waals surface area contributed by atoms with Gasteiger partial charge < -0.3 is 5.11 Å². The van der Waals surface area contributed by atoms with E-state index in [0.29, 0.717) is 6.42 Å². The Balaban J connectivity index is 2.83. The number of rotatable bonds is 4. The molecule has 0 radical (unpaired) electrons. The van der Waals surface area contributed by atoms with Crippen LogP contribution in [0.3, 0.4) is 0 Å². The van der Waals surface area contributed by atoms with Crippen molar-refractivity contribution in [2.45, 2.75) is 18.4 Å². The SMILES string of the molecule is C#CC(c1ccccc1)C(O)CC=C. The molecule has 0 amide bonds. The molecule has 14 heavy (non-hydrogen) atoms. The molecule has 2 atom stereocenters. The normalized spacial score (nSPS) is 14.0. The Bertz CT molecular complexity index is 321. The first-order valence-corrected chi connectivity index (χ1v) is 4.59. The van der Waals surface area contributed by atoms with Crippen molar-refractivity contribution in [3.8, 4) is 12.3 Å². The third kappa shape index (κ3) is 2.48. The monoisotopic (exact) mass is 186 g/mol. The summed E-state index contributed by atoms with van der Waals surface area (Å²) >= 11 is 0. The number of hydrogen-bond donors (Lipinski definition) is 1. The Hall–Kier alpha value is -1.52. The minimum Gasteiger partial charge on any atom is -0.391 e. The van der Waals surface area contributed by atoms with Gasteiger partial charge in [0.1, 0.15) is 0 Å². The molecule has 1 aromatic rings. The molecule has 1 N–H and O–H groups in total. The van der Waals surface area contributed by atoms with E-state index in [-0.39, 0.29) is 5.92 Å². The Morgan fingerprint density at radius 2 is 2.07 bits per heavy atom. The maximum Gasteiger partial charge on any atom is 0.0752 e. The third-order valence-corrected chi connectivity index (χ3v) is 2.13. The van der Waals surface area contributed by atoms with Gasteiger partial charge in [-0.05, 0) is 12.0 Å². The third-order valence-electron chi connectivity index (χ3n) is 2.13. The number of hydrogen-bond acceptors (Lipinski definition) is 1. The lowest BCUT2D eigenvalue weighted by molar-refractivity contribution is 0.165. The van der Waals surface area contributed by atoms with Gasteiger partial charge in [-0.2, -0.15) is 0 Å². The number of aliphatic hydroxyl groups is 1. The summed E-state index contributed by atoms with van der Waals surface area (Å²) in [4.78, 5) is 0. The summed E-state index contributed by atoms with van der Waals surface area (Å²) in [6, 6.07) is 9.62. The van der Waals surface area contributed by atoms with Crippen molar-refractivity contribution in [2.75, 3.05) is 0 Å². The van der Waals surface area contributed by atoms with Crippen molar-refractivity contribution in [1.82, 2.24) is 0 Å². The van der Waals surface area contributed by atoms with Crippen LogP contribution in [0.1, 0.15) is 17.9 Å². The van der Waals surface area contributed by atoms with E-state index < -0.39 is 6.10 Å². The molecule has 0 fully saturated rings. The van der Waals surface area contributed by atoms with Crippen molar-refractivity contribution < 1.29 is 5.11 Å². The molecule has 0 spiro atoms. The Morgan fingerprint density at radius 1 is 1.43 bits per heavy atom. The fraction of sp³-hybridized carbons (Fsp3) is 0.231. The quantitative estimate of drug-likeness (QED) is 0.565. The first kappa shape index (κ1) is 10.6. The fourth-order valence-electron chi connectivity index (χ4n) is 1.40. The molecule has 1 heteroatoms. The standard InChI is InChI=1S/C13H14O/c1-3-8-13(14)12(4-2)11-9-6-5-7-10-11/h2-3,5-7,9-10,12-14H,1,8H2. The highest BCUT2D eigenvalue weighted by molar-refractivity contribution is 5.28. The van der Waals surface area contributed by atoms with Crippen molar-refractivity contribution in [2.24, 2.45) is 0 Å². The van der Waals surface area contributed by atoms with E-state index in [1.54, 1.807) is 6.08 Å². The van der Waals surface area contributed by atoms with E-state index in [4.69, 9.17) is 6.42 Å². The minimum absolute atomic E-state index is 0.241. The Labute approximate surface area is 85.1 Å². The van der Waals surface area contributed by atoms with Crippen LogP contribution in [0.15, 0.2) is 43.0 Å². The summed E-state index contributed by atoms with van der Waals surface area (Å²) in [6.45, 7) is 3.58. The molecule has 0 bridgehead atoms. The van der Waals surface area contributed by atoms with Crippen LogP contribution in [0.4, 0.5) is 0 Å². The van der Waals surface area contributed by atoms with Gasteiger partial charge in [0.15, 0.2) is 0 Å². The van der Waals surface area contributed by atoms with Crippen LogP contribution in [-0.4, -0.2) is 11.2 Å². The number of benzene rings is 1. The molecule has 0 aliphatic rings. The lowest BCUT2D eigenvalue weighted by atomic mass is 9.92. The molecular weight excluding hydrogens is 172 g/mol. The van der Waals surface area contributed by atoms with E-state index in [1.165, 1.54) is 0 Å². The topological polar surface area (TPSA) is 20.2 Å². The Kier molecular flexibility index (Phi) is 3.97. The van der Waals surface area contributed by atoms with Crippen LogP contribution in [0, 0.1) is 12.3 Å². The van der Waals surface area contributed by atoms with Gasteiger partial charge in [-0.3, -0.25) is 0 Å². The largest absolute Gasteiger partial charge is 0.391 e. The highest BCUT2D eigenvalue weighted by Crippen LogP contribution is 2.20. The molecular formula is C13H14O. The smallest absolute Gasteiger partial charge is 0.0752 e. The molecule has 1 rings (SSSR count). The van der Waals surface area contributed by atoms with Gasteiger partial charge >= 0.3 is 0 Å². The van der Waals surface area contributed by atoms with E-state index in [2.05, 4.69) is 12.5 Å². The molecule has 0 saturated carbocycles. The van der Waals surface area contributed by atoms with Gasteiger partial charge in [-0.15, -0.1) is 13.0 Å². The van der Waals surface area contributed by atoms with Gasteiger partial charge in [0.05, 0.1) is 12.0 Å². The second kappa shape index (κ2) is 5.26. The molecule has 0 aliphatic heterocycles. The van der Waals surface area contributed by atoms with Gasteiger partial charge in [0.2, 0.25) is 0 Å². The summed E-state index contributed by atoms with van der Waals surface area (Å²) in [6.07, 6.45) is 7.05. The van der Waals surface area contributed by atoms with E-state index >= 15 is 0 Å². The van der Waals surface area contributed by atoms with E-state index in [1.807, 2.05) is 30.3 Å². The van der Waals surface area contributed by atoms with Crippen LogP contribution in [-0.2, 0) is 0 Å². The lowest BCUT2D eigenvalue weighted by Gasteiger charge is -2.16. The molecule has 0 aromatic heterocycles. The van der Waals surface area contributed by atoms with Gasteiger partial charge in [-0.1, -0.05) is 42.3 Å². The lowest BCUT2D eigenvalue weighted by Crippen LogP contribution is -2.16. The summed E-state index contributed by atoms with van der Waals surface area (Å²) < 4.78 is 0. The van der Waals surface area contributed by atoms with Crippen LogP contribution in [0.5, 0.6) is 0 Å². The maximum absolute atomic E-state index is 9.75. The van der Waals surface area contributed by atoms with Crippen LogP contribution < -0.4 is 0 Å². The van der Waals surface area contributed by atoms with Gasteiger partial charge in [-0.25, -0.2) is 0 Å². The van der Waals surface area contributed by atoms with Crippen LogP contribution in [0.25, 0.3) is 0 Å². The van der Waals surface area contributed by atoms with Crippen molar-refractivity contribution in [3.05, 3.63) is 48.6 Å². The Morgan fingerprint density at radius 3 is 2.57 bits per heavy atom. The van der Waals surface area contributed by atoms with Crippen molar-refractivity contribution in [3.63, 3.8) is 0 Å². The highest BCUT2D eigenvalue weighted by atomic mass is 16.3. The summed E-state index contributed by atoms with van der Waals surface area (Å²) in [5.74, 6) is 2.36. The zero-order valence-electron chi connectivity index (χ0n) is 8.06. The van der Waals surface area contributed by atoms with Gasteiger partial charge in [0, 0.05) is 0 Å². The van der Waals surface area contributed by atoms with Crippen LogP contribution >= 0.6 is 0 Å². The molecule has 2 unspecified atom stereocenters. The summed E-state index contributed by atoms with van der Waals surface area (Å²) in [5, 5.41) is 9.75. The molecule has 1 aromatic carbocycles. The summed E-state index contributed by atoms with van der Waals surface area (Å²) in [7, 11) is 0. The first-order chi connectivity index (χ1) is 6.79. The second-order valence-electron chi connectivity index (χ2n) is 3.15. The fourth-order valence-corrected chi connectivity index (χ4v) is 1.40. The average Bonchev–Trinajstić information content (AvgIpc) is 2.21. The summed E-state index contributed by atoms with van der Waals surface area (Å²) in [5.41, 5.74) is 0.976. The van der Waals surface area contributed by atoms with Crippen molar-refractivity contribution in [1.29, 1.82) is 0 Å². The molecule has 72 valence electrons. The number of aliphatic hydroxyl groups excluding tert-OH is 1.